The van der Waals surface area contributed by atoms with Crippen LogP contribution in [0.15, 0.2) is 18.2 Å². The maximum Gasteiger partial charge on any atom is 0.122 e. The Labute approximate surface area is 95.4 Å². The van der Waals surface area contributed by atoms with E-state index >= 15 is 0 Å². The molecule has 0 unspecified atom stereocenters. The number of ether oxygens (including phenoxy) is 1. The Bertz CT molecular complexity index is 355. The molecule has 0 aliphatic heterocycles. The summed E-state index contributed by atoms with van der Waals surface area (Å²) in [4.78, 5) is 0. The predicted molar refractivity (Wildman–Crippen MR) is 62.6 cm³/mol. The Kier molecular flexibility index (Phi) is 2.89. The van der Waals surface area contributed by atoms with E-state index in [0.29, 0.717) is 6.54 Å². The lowest BCUT2D eigenvalue weighted by molar-refractivity contribution is 0.243. The summed E-state index contributed by atoms with van der Waals surface area (Å²) in [6.07, 6.45) is 3.52. The Morgan fingerprint density at radius 2 is 2.20 bits per heavy atom. The van der Waals surface area contributed by atoms with Crippen LogP contribution in [0.25, 0.3) is 0 Å². The zero-order valence-electron chi connectivity index (χ0n) is 8.92. The number of nitrogens with two attached hydrogens (primary N) is 1. The smallest absolute Gasteiger partial charge is 0.122 e. The Morgan fingerprint density at radius 3 is 2.67 bits per heavy atom. The highest BCUT2D eigenvalue weighted by atomic mass is 35.5. The van der Waals surface area contributed by atoms with E-state index in [1.807, 2.05) is 18.2 Å². The monoisotopic (exact) mass is 225 g/mol. The summed E-state index contributed by atoms with van der Waals surface area (Å²) in [7, 11) is 1.69. The molecule has 0 heterocycles. The van der Waals surface area contributed by atoms with Crippen molar-refractivity contribution in [3.05, 3.63) is 28.8 Å². The van der Waals surface area contributed by atoms with Gasteiger partial charge in [0.25, 0.3) is 0 Å². The van der Waals surface area contributed by atoms with Crippen molar-refractivity contribution in [2.45, 2.75) is 24.7 Å². The molecule has 0 aromatic heterocycles. The van der Waals surface area contributed by atoms with Gasteiger partial charge in [0.15, 0.2) is 0 Å². The van der Waals surface area contributed by atoms with Crippen LogP contribution >= 0.6 is 11.6 Å². The van der Waals surface area contributed by atoms with Crippen LogP contribution in [0.1, 0.15) is 24.8 Å². The van der Waals surface area contributed by atoms with Crippen LogP contribution in [0.2, 0.25) is 5.02 Å². The van der Waals surface area contributed by atoms with Crippen LogP contribution in [0.4, 0.5) is 0 Å². The van der Waals surface area contributed by atoms with Crippen LogP contribution in [-0.4, -0.2) is 13.7 Å². The topological polar surface area (TPSA) is 35.2 Å². The molecule has 15 heavy (non-hydrogen) atoms. The van der Waals surface area contributed by atoms with Crippen molar-refractivity contribution in [3.8, 4) is 5.75 Å². The second kappa shape index (κ2) is 4.03. The second-order valence-electron chi connectivity index (χ2n) is 4.18. The highest BCUT2D eigenvalue weighted by molar-refractivity contribution is 6.30. The van der Waals surface area contributed by atoms with E-state index in [0.717, 1.165) is 23.6 Å². The van der Waals surface area contributed by atoms with Crippen molar-refractivity contribution in [3.63, 3.8) is 0 Å². The van der Waals surface area contributed by atoms with Gasteiger partial charge in [-0.1, -0.05) is 18.0 Å². The number of rotatable bonds is 3. The molecule has 0 spiro atoms. The average molecular weight is 226 g/mol. The molecule has 1 aromatic rings. The second-order valence-corrected chi connectivity index (χ2v) is 4.62. The third kappa shape index (κ3) is 1.72. The van der Waals surface area contributed by atoms with E-state index in [9.17, 15) is 0 Å². The summed E-state index contributed by atoms with van der Waals surface area (Å²) < 4.78 is 5.37. The molecule has 1 aliphatic carbocycles. The van der Waals surface area contributed by atoms with E-state index in [-0.39, 0.29) is 5.41 Å². The zero-order chi connectivity index (χ0) is 10.9. The molecule has 0 bridgehead atoms. The van der Waals surface area contributed by atoms with Gasteiger partial charge in [-0.2, -0.15) is 0 Å². The van der Waals surface area contributed by atoms with Gasteiger partial charge in [0.1, 0.15) is 5.75 Å². The van der Waals surface area contributed by atoms with Gasteiger partial charge in [0.2, 0.25) is 0 Å². The van der Waals surface area contributed by atoms with Crippen molar-refractivity contribution in [2.24, 2.45) is 5.73 Å². The summed E-state index contributed by atoms with van der Waals surface area (Å²) in [5.74, 6) is 0.907. The molecule has 0 radical (unpaired) electrons. The Balaban J connectivity index is 2.44. The first-order valence-electron chi connectivity index (χ1n) is 5.26. The number of methoxy groups -OCH3 is 1. The zero-order valence-corrected chi connectivity index (χ0v) is 9.68. The molecule has 1 saturated carbocycles. The van der Waals surface area contributed by atoms with Gasteiger partial charge in [0, 0.05) is 22.5 Å². The first kappa shape index (κ1) is 10.8. The minimum Gasteiger partial charge on any atom is -0.496 e. The molecule has 1 fully saturated rings. The first-order valence-corrected chi connectivity index (χ1v) is 5.64. The molecule has 2 nitrogen and oxygen atoms in total. The fourth-order valence-corrected chi connectivity index (χ4v) is 2.45. The molecule has 1 aromatic carbocycles. The molecule has 2 rings (SSSR count). The van der Waals surface area contributed by atoms with Crippen LogP contribution in [0, 0.1) is 0 Å². The molecule has 1 aliphatic rings. The van der Waals surface area contributed by atoms with Gasteiger partial charge in [0.05, 0.1) is 7.11 Å². The largest absolute Gasteiger partial charge is 0.496 e. The minimum absolute atomic E-state index is 0.107. The lowest BCUT2D eigenvalue weighted by atomic mass is 9.64. The van der Waals surface area contributed by atoms with Crippen LogP contribution in [0.3, 0.4) is 0 Å². The van der Waals surface area contributed by atoms with Gasteiger partial charge >= 0.3 is 0 Å². The van der Waals surface area contributed by atoms with E-state index in [1.165, 1.54) is 12.0 Å². The molecule has 0 saturated heterocycles. The lowest BCUT2D eigenvalue weighted by Crippen LogP contribution is -2.41. The maximum atomic E-state index is 6.02. The van der Waals surface area contributed by atoms with Crippen LogP contribution in [-0.2, 0) is 5.41 Å². The summed E-state index contributed by atoms with van der Waals surface area (Å²) in [6, 6.07) is 5.77. The van der Waals surface area contributed by atoms with Gasteiger partial charge in [-0.25, -0.2) is 0 Å². The van der Waals surface area contributed by atoms with E-state index in [1.54, 1.807) is 7.11 Å². The molecule has 2 N–H and O–H groups in total. The molecule has 82 valence electrons. The van der Waals surface area contributed by atoms with Crippen molar-refractivity contribution in [1.29, 1.82) is 0 Å². The van der Waals surface area contributed by atoms with E-state index < -0.39 is 0 Å². The molecule has 0 amide bonds. The number of hydrogen-bond acceptors (Lipinski definition) is 2. The standard InChI is InChI=1S/C12H16ClNO/c1-15-11-4-3-9(13)7-10(11)12(8-14)5-2-6-12/h3-4,7H,2,5-6,8,14H2,1H3. The van der Waals surface area contributed by atoms with Gasteiger partial charge < -0.3 is 10.5 Å². The normalized spacial score (nSPS) is 18.3. The highest BCUT2D eigenvalue weighted by Gasteiger charge is 2.39. The van der Waals surface area contributed by atoms with E-state index in [4.69, 9.17) is 22.1 Å². The minimum atomic E-state index is 0.107. The Hall–Kier alpha value is -0.730. The number of benzene rings is 1. The summed E-state index contributed by atoms with van der Waals surface area (Å²) in [5, 5.41) is 0.755. The molecular formula is C12H16ClNO. The average Bonchev–Trinajstić information content (AvgIpc) is 2.17. The quantitative estimate of drug-likeness (QED) is 0.859. The predicted octanol–water partition coefficient (Wildman–Crippen LogP) is 2.73. The van der Waals surface area contributed by atoms with Crippen LogP contribution in [0.5, 0.6) is 5.75 Å². The van der Waals surface area contributed by atoms with Gasteiger partial charge in [-0.3, -0.25) is 0 Å². The third-order valence-corrected chi connectivity index (χ3v) is 3.67. The fraction of sp³-hybridized carbons (Fsp3) is 0.500. The maximum absolute atomic E-state index is 6.02. The third-order valence-electron chi connectivity index (χ3n) is 3.43. The fourth-order valence-electron chi connectivity index (χ4n) is 2.28. The van der Waals surface area contributed by atoms with E-state index in [2.05, 4.69) is 0 Å². The first-order chi connectivity index (χ1) is 7.22. The van der Waals surface area contributed by atoms with Crippen molar-refractivity contribution < 1.29 is 4.74 Å². The van der Waals surface area contributed by atoms with Crippen molar-refractivity contribution in [2.75, 3.05) is 13.7 Å². The summed E-state index contributed by atoms with van der Waals surface area (Å²) in [5.41, 5.74) is 7.16. The van der Waals surface area contributed by atoms with Crippen molar-refractivity contribution in [1.82, 2.24) is 0 Å². The van der Waals surface area contributed by atoms with Gasteiger partial charge in [-0.15, -0.1) is 0 Å². The SMILES string of the molecule is COc1ccc(Cl)cc1C1(CN)CCC1. The summed E-state index contributed by atoms with van der Waals surface area (Å²) >= 11 is 6.02. The lowest BCUT2D eigenvalue weighted by Gasteiger charge is -2.42. The van der Waals surface area contributed by atoms with Crippen LogP contribution < -0.4 is 10.5 Å². The Morgan fingerprint density at radius 1 is 1.47 bits per heavy atom. The van der Waals surface area contributed by atoms with Gasteiger partial charge in [-0.05, 0) is 31.0 Å². The molecule has 0 atom stereocenters. The summed E-state index contributed by atoms with van der Waals surface area (Å²) in [6.45, 7) is 0.670. The molecule has 3 heteroatoms. The molecular weight excluding hydrogens is 210 g/mol. The van der Waals surface area contributed by atoms with Crippen molar-refractivity contribution >= 4 is 11.6 Å². The number of hydrogen-bond donors (Lipinski definition) is 1. The highest BCUT2D eigenvalue weighted by Crippen LogP contribution is 2.46. The number of halogens is 1.